The quantitative estimate of drug-likeness (QED) is 0.723. The van der Waals surface area contributed by atoms with Gasteiger partial charge in [0.15, 0.2) is 6.54 Å². The van der Waals surface area contributed by atoms with E-state index in [0.717, 1.165) is 17.9 Å². The van der Waals surface area contributed by atoms with Crippen LogP contribution in [0.15, 0.2) is 42.5 Å². The SMILES string of the molecule is COc1ccc(C[NH+](CC(=O)NCc2ccc(Cl)cc2Cl)C2CC2)cc1. The summed E-state index contributed by atoms with van der Waals surface area (Å²) < 4.78 is 5.20. The molecule has 2 aromatic rings. The van der Waals surface area contributed by atoms with Crippen LogP contribution in [0.2, 0.25) is 10.0 Å². The number of ether oxygens (including phenoxy) is 1. The Hall–Kier alpha value is -1.75. The number of benzene rings is 2. The van der Waals surface area contributed by atoms with Crippen LogP contribution in [0.3, 0.4) is 0 Å². The number of rotatable bonds is 8. The number of carbonyl (C=O) groups excluding carboxylic acids is 1. The van der Waals surface area contributed by atoms with Gasteiger partial charge in [0.2, 0.25) is 0 Å². The Balaban J connectivity index is 1.54. The lowest BCUT2D eigenvalue weighted by Crippen LogP contribution is -3.13. The highest BCUT2D eigenvalue weighted by molar-refractivity contribution is 6.35. The summed E-state index contributed by atoms with van der Waals surface area (Å²) in [6, 6.07) is 13.9. The maximum Gasteiger partial charge on any atom is 0.275 e. The van der Waals surface area contributed by atoms with Crippen LogP contribution in [0.1, 0.15) is 24.0 Å². The lowest BCUT2D eigenvalue weighted by atomic mass is 10.2. The Labute approximate surface area is 164 Å². The Kier molecular flexibility index (Phi) is 6.41. The normalized spacial score (nSPS) is 14.7. The average molecular weight is 394 g/mol. The number of nitrogens with one attached hydrogen (secondary N) is 2. The summed E-state index contributed by atoms with van der Waals surface area (Å²) in [5, 5.41) is 4.13. The molecule has 26 heavy (non-hydrogen) atoms. The molecule has 0 bridgehead atoms. The number of amides is 1. The van der Waals surface area contributed by atoms with E-state index < -0.39 is 0 Å². The molecule has 1 fully saturated rings. The van der Waals surface area contributed by atoms with Crippen LogP contribution in [0.4, 0.5) is 0 Å². The van der Waals surface area contributed by atoms with Gasteiger partial charge < -0.3 is 15.0 Å². The highest BCUT2D eigenvalue weighted by atomic mass is 35.5. The van der Waals surface area contributed by atoms with Crippen molar-refractivity contribution in [1.29, 1.82) is 0 Å². The lowest BCUT2D eigenvalue weighted by Gasteiger charge is -2.19. The fourth-order valence-electron chi connectivity index (χ4n) is 2.98. The van der Waals surface area contributed by atoms with Gasteiger partial charge in [-0.05, 0) is 42.0 Å². The Morgan fingerprint density at radius 2 is 1.92 bits per heavy atom. The number of quaternary nitrogens is 1. The van der Waals surface area contributed by atoms with Crippen molar-refractivity contribution in [3.05, 3.63) is 63.6 Å². The Morgan fingerprint density at radius 3 is 2.54 bits per heavy atom. The zero-order chi connectivity index (χ0) is 18.5. The molecular weight excluding hydrogens is 371 g/mol. The van der Waals surface area contributed by atoms with Gasteiger partial charge in [-0.2, -0.15) is 0 Å². The summed E-state index contributed by atoms with van der Waals surface area (Å²) in [5.74, 6) is 0.880. The van der Waals surface area contributed by atoms with Crippen LogP contribution in [0.25, 0.3) is 0 Å². The molecule has 1 aliphatic carbocycles. The minimum absolute atomic E-state index is 0.0337. The van der Waals surface area contributed by atoms with Gasteiger partial charge in [-0.3, -0.25) is 4.79 Å². The predicted molar refractivity (Wildman–Crippen MR) is 104 cm³/mol. The smallest absolute Gasteiger partial charge is 0.275 e. The maximum atomic E-state index is 12.4. The first-order chi connectivity index (χ1) is 12.5. The molecule has 0 spiro atoms. The first kappa shape index (κ1) is 19.0. The molecule has 1 atom stereocenters. The third kappa shape index (κ3) is 5.37. The van der Waals surface area contributed by atoms with Gasteiger partial charge >= 0.3 is 0 Å². The number of halogens is 2. The molecule has 0 radical (unpaired) electrons. The van der Waals surface area contributed by atoms with Crippen LogP contribution in [-0.4, -0.2) is 25.6 Å². The second-order valence-electron chi connectivity index (χ2n) is 6.65. The molecular formula is C20H23Cl2N2O2+. The van der Waals surface area contributed by atoms with Gasteiger partial charge in [0.1, 0.15) is 12.3 Å². The van der Waals surface area contributed by atoms with E-state index in [1.807, 2.05) is 18.2 Å². The van der Waals surface area contributed by atoms with Crippen LogP contribution >= 0.6 is 23.2 Å². The molecule has 138 valence electrons. The Morgan fingerprint density at radius 1 is 1.19 bits per heavy atom. The molecule has 4 nitrogen and oxygen atoms in total. The van der Waals surface area contributed by atoms with Crippen molar-refractivity contribution in [3.63, 3.8) is 0 Å². The molecule has 0 aliphatic heterocycles. The highest BCUT2D eigenvalue weighted by Crippen LogP contribution is 2.20. The number of carbonyl (C=O) groups is 1. The molecule has 0 saturated heterocycles. The van der Waals surface area contributed by atoms with Gasteiger partial charge in [-0.25, -0.2) is 0 Å². The van der Waals surface area contributed by atoms with Crippen LogP contribution in [-0.2, 0) is 17.9 Å². The van der Waals surface area contributed by atoms with Crippen molar-refractivity contribution in [2.24, 2.45) is 0 Å². The molecule has 0 heterocycles. The molecule has 2 aromatic carbocycles. The second kappa shape index (κ2) is 8.76. The van der Waals surface area contributed by atoms with E-state index in [2.05, 4.69) is 17.4 Å². The fourth-order valence-corrected chi connectivity index (χ4v) is 3.45. The third-order valence-corrected chi connectivity index (χ3v) is 5.21. The van der Waals surface area contributed by atoms with E-state index in [9.17, 15) is 4.79 Å². The standard InChI is InChI=1S/C20H22Cl2N2O2/c1-26-18-8-2-14(3-9-18)12-24(17-6-7-17)13-20(25)23-11-15-4-5-16(21)10-19(15)22/h2-5,8-10,17H,6-7,11-13H2,1H3,(H,23,25)/p+1. The summed E-state index contributed by atoms with van der Waals surface area (Å²) in [5.41, 5.74) is 2.08. The molecule has 1 amide bonds. The predicted octanol–water partition coefficient (Wildman–Crippen LogP) is 2.87. The van der Waals surface area contributed by atoms with Crippen molar-refractivity contribution < 1.29 is 14.4 Å². The largest absolute Gasteiger partial charge is 0.497 e. The van der Waals surface area contributed by atoms with Gasteiger partial charge in [0.05, 0.1) is 13.2 Å². The lowest BCUT2D eigenvalue weighted by molar-refractivity contribution is -0.917. The van der Waals surface area contributed by atoms with Crippen LogP contribution in [0, 0.1) is 0 Å². The third-order valence-electron chi connectivity index (χ3n) is 4.62. The van der Waals surface area contributed by atoms with Crippen molar-refractivity contribution in [1.82, 2.24) is 5.32 Å². The van der Waals surface area contributed by atoms with E-state index in [1.165, 1.54) is 23.3 Å². The second-order valence-corrected chi connectivity index (χ2v) is 7.49. The van der Waals surface area contributed by atoms with Crippen molar-refractivity contribution in [2.45, 2.75) is 32.0 Å². The molecule has 1 aliphatic rings. The summed E-state index contributed by atoms with van der Waals surface area (Å²) in [7, 11) is 1.66. The fraction of sp³-hybridized carbons (Fsp3) is 0.350. The highest BCUT2D eigenvalue weighted by Gasteiger charge is 2.34. The molecule has 3 rings (SSSR count). The summed E-state index contributed by atoms with van der Waals surface area (Å²) in [6.45, 7) is 1.71. The van der Waals surface area contributed by atoms with Gasteiger partial charge in [-0.15, -0.1) is 0 Å². The van der Waals surface area contributed by atoms with Crippen LogP contribution in [0.5, 0.6) is 5.75 Å². The van der Waals surface area contributed by atoms with Crippen molar-refractivity contribution in [2.75, 3.05) is 13.7 Å². The van der Waals surface area contributed by atoms with Crippen LogP contribution < -0.4 is 15.0 Å². The van der Waals surface area contributed by atoms with E-state index >= 15 is 0 Å². The van der Waals surface area contributed by atoms with Crippen molar-refractivity contribution >= 4 is 29.1 Å². The Bertz CT molecular complexity index is 761. The first-order valence-electron chi connectivity index (χ1n) is 8.73. The van der Waals surface area contributed by atoms with Gasteiger partial charge in [0, 0.05) is 35.0 Å². The zero-order valence-electron chi connectivity index (χ0n) is 14.7. The molecule has 2 N–H and O–H groups in total. The summed E-state index contributed by atoms with van der Waals surface area (Å²) in [6.07, 6.45) is 2.36. The average Bonchev–Trinajstić information content (AvgIpc) is 3.46. The summed E-state index contributed by atoms with van der Waals surface area (Å²) in [4.78, 5) is 13.7. The molecule has 0 aromatic heterocycles. The monoisotopic (exact) mass is 393 g/mol. The minimum Gasteiger partial charge on any atom is -0.497 e. The topological polar surface area (TPSA) is 42.8 Å². The number of methoxy groups -OCH3 is 1. The van der Waals surface area contributed by atoms with Gasteiger partial charge in [0.25, 0.3) is 5.91 Å². The van der Waals surface area contributed by atoms with Crippen molar-refractivity contribution in [3.8, 4) is 5.75 Å². The minimum atomic E-state index is 0.0337. The summed E-state index contributed by atoms with van der Waals surface area (Å²) >= 11 is 12.1. The van der Waals surface area contributed by atoms with Gasteiger partial charge in [-0.1, -0.05) is 29.3 Å². The van der Waals surface area contributed by atoms with E-state index in [-0.39, 0.29) is 5.91 Å². The zero-order valence-corrected chi connectivity index (χ0v) is 16.2. The number of hydrogen-bond donors (Lipinski definition) is 2. The maximum absolute atomic E-state index is 12.4. The van der Waals surface area contributed by atoms with E-state index in [0.29, 0.717) is 29.2 Å². The molecule has 1 saturated carbocycles. The first-order valence-corrected chi connectivity index (χ1v) is 9.49. The molecule has 6 heteroatoms. The molecule has 1 unspecified atom stereocenters. The van der Waals surface area contributed by atoms with E-state index in [1.54, 1.807) is 19.2 Å². The number of hydrogen-bond acceptors (Lipinski definition) is 2. The van der Waals surface area contributed by atoms with E-state index in [4.69, 9.17) is 27.9 Å².